The molecule has 4 nitrogen and oxygen atoms in total. The fourth-order valence-electron chi connectivity index (χ4n) is 1.91. The van der Waals surface area contributed by atoms with Crippen molar-refractivity contribution in [2.24, 2.45) is 0 Å². The van der Waals surface area contributed by atoms with Crippen LogP contribution in [0.3, 0.4) is 0 Å². The maximum Gasteiger partial charge on any atom is 0.253 e. The third-order valence-corrected chi connectivity index (χ3v) is 3.10. The van der Waals surface area contributed by atoms with Gasteiger partial charge in [0.1, 0.15) is 0 Å². The monoisotopic (exact) mass is 330 g/mol. The minimum atomic E-state index is 0.0509. The molecule has 0 atom stereocenters. The third-order valence-electron chi connectivity index (χ3n) is 3.10. The highest BCUT2D eigenvalue weighted by molar-refractivity contribution is 5.93. The normalized spacial score (nSPS) is 8.96. The molecule has 0 aliphatic rings. The van der Waals surface area contributed by atoms with E-state index in [1.165, 1.54) is 16.8 Å². The largest absolute Gasteiger partial charge is 0.400 e. The van der Waals surface area contributed by atoms with Crippen LogP contribution in [0.2, 0.25) is 0 Å². The number of aliphatic hydroxyl groups is 1. The summed E-state index contributed by atoms with van der Waals surface area (Å²) in [4.78, 5) is 13.0. The first-order chi connectivity index (χ1) is 11.4. The number of aryl methyl sites for hydroxylation is 2. The number of nitrogens with zero attached hydrogens (tertiary/aromatic N) is 1. The zero-order chi connectivity index (χ0) is 18.5. The second kappa shape index (κ2) is 12.1. The lowest BCUT2D eigenvalue weighted by atomic mass is 10.1. The summed E-state index contributed by atoms with van der Waals surface area (Å²) in [6.45, 7) is 7.19. The number of anilines is 1. The van der Waals surface area contributed by atoms with Crippen LogP contribution in [0, 0.1) is 13.8 Å². The Labute approximate surface area is 146 Å². The zero-order valence-electron chi connectivity index (χ0n) is 15.6. The van der Waals surface area contributed by atoms with Crippen LogP contribution in [0.4, 0.5) is 5.69 Å². The Morgan fingerprint density at radius 2 is 1.58 bits per heavy atom. The maximum atomic E-state index is 11.4. The van der Waals surface area contributed by atoms with Crippen molar-refractivity contribution >= 4 is 11.6 Å². The number of hydrogen-bond acceptors (Lipinski definition) is 3. The molecule has 0 aliphatic carbocycles. The second-order valence-corrected chi connectivity index (χ2v) is 5.47. The van der Waals surface area contributed by atoms with Gasteiger partial charge in [-0.3, -0.25) is 4.79 Å². The summed E-state index contributed by atoms with van der Waals surface area (Å²) in [7, 11) is 4.50. The molecule has 0 aromatic heterocycles. The molecule has 0 saturated heterocycles. The summed E-state index contributed by atoms with van der Waals surface area (Å²) in [5.41, 5.74) is 4.43. The van der Waals surface area contributed by atoms with Gasteiger partial charge in [-0.15, -0.1) is 0 Å². The number of nitrogens with one attached hydrogen (secondary N) is 1. The SMILES string of the molecule is CCNc1cccc(C)c1.CO.Cc1ccc(C(=O)N(C)C)cc1. The average Bonchev–Trinajstić information content (AvgIpc) is 2.58. The smallest absolute Gasteiger partial charge is 0.253 e. The Morgan fingerprint density at radius 1 is 1.00 bits per heavy atom. The van der Waals surface area contributed by atoms with Crippen molar-refractivity contribution in [3.63, 3.8) is 0 Å². The van der Waals surface area contributed by atoms with Gasteiger partial charge >= 0.3 is 0 Å². The molecule has 4 heteroatoms. The molecule has 24 heavy (non-hydrogen) atoms. The van der Waals surface area contributed by atoms with Gasteiger partial charge in [0.05, 0.1) is 0 Å². The molecule has 2 aromatic rings. The molecule has 0 aliphatic heterocycles. The number of carbonyl (C=O) groups excluding carboxylic acids is 1. The minimum absolute atomic E-state index is 0.0509. The van der Waals surface area contributed by atoms with E-state index < -0.39 is 0 Å². The highest BCUT2D eigenvalue weighted by Crippen LogP contribution is 2.08. The van der Waals surface area contributed by atoms with Crippen molar-refractivity contribution in [3.8, 4) is 0 Å². The van der Waals surface area contributed by atoms with Crippen LogP contribution in [0.5, 0.6) is 0 Å². The predicted molar refractivity (Wildman–Crippen MR) is 103 cm³/mol. The first-order valence-corrected chi connectivity index (χ1v) is 7.97. The van der Waals surface area contributed by atoms with Crippen LogP contribution in [0.25, 0.3) is 0 Å². The van der Waals surface area contributed by atoms with Crippen LogP contribution in [0.1, 0.15) is 28.4 Å². The number of hydrogen-bond donors (Lipinski definition) is 2. The predicted octanol–water partition coefficient (Wildman–Crippen LogP) is 3.73. The van der Waals surface area contributed by atoms with Gasteiger partial charge in [-0.2, -0.15) is 0 Å². The molecular weight excluding hydrogens is 300 g/mol. The maximum absolute atomic E-state index is 11.4. The summed E-state index contributed by atoms with van der Waals surface area (Å²) in [5.74, 6) is 0.0509. The Balaban J connectivity index is 0.000000405. The summed E-state index contributed by atoms with van der Waals surface area (Å²) < 4.78 is 0. The van der Waals surface area contributed by atoms with E-state index in [1.807, 2.05) is 31.2 Å². The van der Waals surface area contributed by atoms with Crippen molar-refractivity contribution in [2.45, 2.75) is 20.8 Å². The van der Waals surface area contributed by atoms with Gasteiger partial charge in [0, 0.05) is 39.0 Å². The highest BCUT2D eigenvalue weighted by atomic mass is 16.2. The van der Waals surface area contributed by atoms with Crippen LogP contribution in [0.15, 0.2) is 48.5 Å². The first-order valence-electron chi connectivity index (χ1n) is 7.97. The lowest BCUT2D eigenvalue weighted by molar-refractivity contribution is 0.0827. The molecule has 0 saturated carbocycles. The van der Waals surface area contributed by atoms with Crippen molar-refractivity contribution in [2.75, 3.05) is 33.1 Å². The molecular formula is C20H30N2O2. The van der Waals surface area contributed by atoms with Crippen LogP contribution in [-0.4, -0.2) is 43.7 Å². The summed E-state index contributed by atoms with van der Waals surface area (Å²) in [6, 6.07) is 16.0. The standard InChI is InChI=1S/C10H13NO.C9H13N.CH4O/c1-8-4-6-9(7-5-8)10(12)11(2)3;1-3-10-9-6-4-5-8(2)7-9;1-2/h4-7H,1-3H3;4-7,10H,3H2,1-2H3;2H,1H3. The zero-order valence-corrected chi connectivity index (χ0v) is 15.6. The molecule has 0 unspecified atom stereocenters. The van der Waals surface area contributed by atoms with Gasteiger partial charge in [0.2, 0.25) is 0 Å². The molecule has 0 radical (unpaired) electrons. The first kappa shape index (κ1) is 21.7. The van der Waals surface area contributed by atoms with E-state index in [0.717, 1.165) is 19.2 Å². The topological polar surface area (TPSA) is 52.6 Å². The van der Waals surface area contributed by atoms with Crippen molar-refractivity contribution in [3.05, 3.63) is 65.2 Å². The Hall–Kier alpha value is -2.33. The molecule has 0 fully saturated rings. The minimum Gasteiger partial charge on any atom is -0.400 e. The van der Waals surface area contributed by atoms with Gasteiger partial charge < -0.3 is 15.3 Å². The molecule has 0 spiro atoms. The molecule has 0 bridgehead atoms. The highest BCUT2D eigenvalue weighted by Gasteiger charge is 2.05. The van der Waals surface area contributed by atoms with Crippen molar-refractivity contribution in [1.29, 1.82) is 0 Å². The average molecular weight is 330 g/mol. The number of amides is 1. The third kappa shape index (κ3) is 8.34. The lowest BCUT2D eigenvalue weighted by Gasteiger charge is -2.09. The number of aliphatic hydroxyl groups excluding tert-OH is 1. The van der Waals surface area contributed by atoms with Crippen molar-refractivity contribution < 1.29 is 9.90 Å². The van der Waals surface area contributed by atoms with E-state index in [4.69, 9.17) is 5.11 Å². The molecule has 0 heterocycles. The molecule has 2 N–H and O–H groups in total. The van der Waals surface area contributed by atoms with Gasteiger partial charge in [-0.05, 0) is 50.6 Å². The van der Waals surface area contributed by atoms with Gasteiger partial charge in [0.25, 0.3) is 5.91 Å². The molecule has 2 rings (SSSR count). The van der Waals surface area contributed by atoms with Crippen LogP contribution < -0.4 is 5.32 Å². The summed E-state index contributed by atoms with van der Waals surface area (Å²) >= 11 is 0. The van der Waals surface area contributed by atoms with E-state index >= 15 is 0 Å². The fourth-order valence-corrected chi connectivity index (χ4v) is 1.91. The Kier molecular flexibility index (Phi) is 11.0. The molecule has 2 aromatic carbocycles. The van der Waals surface area contributed by atoms with E-state index in [1.54, 1.807) is 19.0 Å². The van der Waals surface area contributed by atoms with E-state index in [0.29, 0.717) is 0 Å². The molecule has 1 amide bonds. The molecule has 132 valence electrons. The number of benzene rings is 2. The second-order valence-electron chi connectivity index (χ2n) is 5.47. The van der Waals surface area contributed by atoms with E-state index in [9.17, 15) is 4.79 Å². The van der Waals surface area contributed by atoms with E-state index in [2.05, 4.69) is 43.4 Å². The number of carbonyl (C=O) groups is 1. The van der Waals surface area contributed by atoms with Crippen LogP contribution in [-0.2, 0) is 0 Å². The van der Waals surface area contributed by atoms with Crippen LogP contribution >= 0.6 is 0 Å². The van der Waals surface area contributed by atoms with E-state index in [-0.39, 0.29) is 5.91 Å². The summed E-state index contributed by atoms with van der Waals surface area (Å²) in [6.07, 6.45) is 0. The number of rotatable bonds is 3. The van der Waals surface area contributed by atoms with Gasteiger partial charge in [0.15, 0.2) is 0 Å². The van der Waals surface area contributed by atoms with Crippen molar-refractivity contribution in [1.82, 2.24) is 4.90 Å². The Bertz CT molecular complexity index is 593. The fraction of sp³-hybridized carbons (Fsp3) is 0.350. The Morgan fingerprint density at radius 3 is 2.04 bits per heavy atom. The quantitative estimate of drug-likeness (QED) is 0.901. The summed E-state index contributed by atoms with van der Waals surface area (Å²) in [5, 5.41) is 10.2. The van der Waals surface area contributed by atoms with Gasteiger partial charge in [-0.1, -0.05) is 29.8 Å². The van der Waals surface area contributed by atoms with Gasteiger partial charge in [-0.25, -0.2) is 0 Å². The lowest BCUT2D eigenvalue weighted by Crippen LogP contribution is -2.21.